The summed E-state index contributed by atoms with van der Waals surface area (Å²) < 4.78 is 10.4. The van der Waals surface area contributed by atoms with Crippen LogP contribution in [0.1, 0.15) is 16.2 Å². The molecule has 1 aromatic carbocycles. The minimum absolute atomic E-state index is 0.0784. The average Bonchev–Trinajstić information content (AvgIpc) is 3.03. The predicted octanol–water partition coefficient (Wildman–Crippen LogP) is 1.78. The summed E-state index contributed by atoms with van der Waals surface area (Å²) in [6.07, 6.45) is 1.43. The molecule has 3 rings (SSSR count). The average molecular weight is 297 g/mol. The lowest BCUT2D eigenvalue weighted by Crippen LogP contribution is -2.18. The van der Waals surface area contributed by atoms with Crippen molar-refractivity contribution in [2.75, 3.05) is 0 Å². The SMILES string of the molecule is O=C(OCc1nnc(-c2ccccc2)o1)c1ccc[nH]c1=O. The van der Waals surface area contributed by atoms with Crippen molar-refractivity contribution in [2.45, 2.75) is 6.61 Å². The van der Waals surface area contributed by atoms with Gasteiger partial charge in [0.2, 0.25) is 5.89 Å². The molecule has 0 radical (unpaired) electrons. The molecule has 2 heterocycles. The minimum Gasteiger partial charge on any atom is -0.452 e. The molecule has 7 nitrogen and oxygen atoms in total. The van der Waals surface area contributed by atoms with Gasteiger partial charge >= 0.3 is 5.97 Å². The Morgan fingerprint density at radius 2 is 1.95 bits per heavy atom. The molecule has 2 aromatic heterocycles. The third kappa shape index (κ3) is 2.93. The number of carbonyl (C=O) groups is 1. The molecular formula is C15H11N3O4. The van der Waals surface area contributed by atoms with E-state index in [1.165, 1.54) is 18.3 Å². The molecule has 0 aliphatic rings. The highest BCUT2D eigenvalue weighted by molar-refractivity contribution is 5.88. The molecule has 0 bridgehead atoms. The van der Waals surface area contributed by atoms with Crippen molar-refractivity contribution >= 4 is 5.97 Å². The van der Waals surface area contributed by atoms with Gasteiger partial charge in [-0.3, -0.25) is 4.79 Å². The number of aromatic nitrogens is 3. The fourth-order valence-corrected chi connectivity index (χ4v) is 1.80. The van der Waals surface area contributed by atoms with Gasteiger partial charge in [-0.1, -0.05) is 18.2 Å². The molecule has 0 aliphatic carbocycles. The maximum absolute atomic E-state index is 11.8. The molecule has 110 valence electrons. The second kappa shape index (κ2) is 6.04. The molecule has 0 spiro atoms. The van der Waals surface area contributed by atoms with Crippen molar-refractivity contribution < 1.29 is 13.9 Å². The number of nitrogens with one attached hydrogen (secondary N) is 1. The number of ether oxygens (including phenoxy) is 1. The predicted molar refractivity (Wildman–Crippen MR) is 75.9 cm³/mol. The first kappa shape index (κ1) is 13.7. The number of aromatic amines is 1. The summed E-state index contributed by atoms with van der Waals surface area (Å²) in [6.45, 7) is -0.201. The van der Waals surface area contributed by atoms with Gasteiger partial charge in [0.1, 0.15) is 5.56 Å². The Kier molecular flexibility index (Phi) is 3.78. The van der Waals surface area contributed by atoms with E-state index in [9.17, 15) is 9.59 Å². The fraction of sp³-hybridized carbons (Fsp3) is 0.0667. The van der Waals surface area contributed by atoms with E-state index in [1.54, 1.807) is 0 Å². The number of carbonyl (C=O) groups excluding carboxylic acids is 1. The largest absolute Gasteiger partial charge is 0.452 e. The van der Waals surface area contributed by atoms with Crippen LogP contribution in [0.25, 0.3) is 11.5 Å². The van der Waals surface area contributed by atoms with Crippen LogP contribution in [0.4, 0.5) is 0 Å². The molecule has 0 aliphatic heterocycles. The third-order valence-corrected chi connectivity index (χ3v) is 2.85. The first-order valence-corrected chi connectivity index (χ1v) is 6.46. The molecule has 1 N–H and O–H groups in total. The summed E-state index contributed by atoms with van der Waals surface area (Å²) in [5, 5.41) is 7.68. The number of rotatable bonds is 4. The molecule has 0 fully saturated rings. The number of pyridine rings is 1. The van der Waals surface area contributed by atoms with Gasteiger partial charge in [-0.2, -0.15) is 0 Å². The van der Waals surface area contributed by atoms with Gasteiger partial charge in [0.15, 0.2) is 6.61 Å². The van der Waals surface area contributed by atoms with Crippen LogP contribution in [0.15, 0.2) is 57.9 Å². The first-order valence-electron chi connectivity index (χ1n) is 6.46. The van der Waals surface area contributed by atoms with Gasteiger partial charge in [-0.15, -0.1) is 10.2 Å². The monoisotopic (exact) mass is 297 g/mol. The highest BCUT2D eigenvalue weighted by Gasteiger charge is 2.14. The van der Waals surface area contributed by atoms with Gasteiger partial charge in [-0.05, 0) is 24.3 Å². The third-order valence-electron chi connectivity index (χ3n) is 2.85. The number of H-pyrrole nitrogens is 1. The molecule has 7 heteroatoms. The summed E-state index contributed by atoms with van der Waals surface area (Å²) in [5.41, 5.74) is 0.181. The first-order chi connectivity index (χ1) is 10.7. The number of benzene rings is 1. The van der Waals surface area contributed by atoms with E-state index in [1.807, 2.05) is 30.3 Å². The van der Waals surface area contributed by atoms with E-state index < -0.39 is 11.5 Å². The lowest BCUT2D eigenvalue weighted by Gasteiger charge is -2.00. The molecule has 0 unspecified atom stereocenters. The fourth-order valence-electron chi connectivity index (χ4n) is 1.80. The van der Waals surface area contributed by atoms with Crippen LogP contribution in [0, 0.1) is 0 Å². The van der Waals surface area contributed by atoms with Crippen molar-refractivity contribution in [1.29, 1.82) is 0 Å². The van der Waals surface area contributed by atoms with Gasteiger partial charge in [-0.25, -0.2) is 4.79 Å². The summed E-state index contributed by atoms with van der Waals surface area (Å²) in [6, 6.07) is 12.1. The summed E-state index contributed by atoms with van der Waals surface area (Å²) in [7, 11) is 0. The van der Waals surface area contributed by atoms with Crippen molar-refractivity contribution in [3.05, 3.63) is 70.5 Å². The van der Waals surface area contributed by atoms with E-state index in [2.05, 4.69) is 15.2 Å². The van der Waals surface area contributed by atoms with E-state index in [0.29, 0.717) is 5.89 Å². The lowest BCUT2D eigenvalue weighted by atomic mass is 10.2. The molecule has 3 aromatic rings. The van der Waals surface area contributed by atoms with E-state index in [0.717, 1.165) is 5.56 Å². The second-order valence-corrected chi connectivity index (χ2v) is 4.36. The summed E-state index contributed by atoms with van der Waals surface area (Å²) in [5.74, 6) is -0.259. The van der Waals surface area contributed by atoms with Crippen LogP contribution in [0.5, 0.6) is 0 Å². The minimum atomic E-state index is -0.749. The zero-order chi connectivity index (χ0) is 15.4. The zero-order valence-corrected chi connectivity index (χ0v) is 11.4. The number of nitrogens with zero attached hydrogens (tertiary/aromatic N) is 2. The Hall–Kier alpha value is -3.22. The number of hydrogen-bond donors (Lipinski definition) is 1. The Bertz CT molecular complexity index is 839. The molecule has 22 heavy (non-hydrogen) atoms. The smallest absolute Gasteiger partial charge is 0.344 e. The quantitative estimate of drug-likeness (QED) is 0.737. The van der Waals surface area contributed by atoms with E-state index in [4.69, 9.17) is 9.15 Å². The Morgan fingerprint density at radius 3 is 2.73 bits per heavy atom. The Balaban J connectivity index is 1.68. The van der Waals surface area contributed by atoms with Gasteiger partial charge in [0.05, 0.1) is 0 Å². The summed E-state index contributed by atoms with van der Waals surface area (Å²) >= 11 is 0. The molecule has 0 saturated carbocycles. The molecular weight excluding hydrogens is 286 g/mol. The topological polar surface area (TPSA) is 98.1 Å². The molecule has 0 atom stereocenters. The van der Waals surface area contributed by atoms with Crippen molar-refractivity contribution in [2.24, 2.45) is 0 Å². The van der Waals surface area contributed by atoms with Crippen LogP contribution in [-0.4, -0.2) is 21.2 Å². The maximum Gasteiger partial charge on any atom is 0.344 e. The zero-order valence-electron chi connectivity index (χ0n) is 11.4. The Labute approximate surface area is 124 Å². The maximum atomic E-state index is 11.8. The highest BCUT2D eigenvalue weighted by atomic mass is 16.5. The number of esters is 1. The van der Waals surface area contributed by atoms with Gasteiger partial charge in [0.25, 0.3) is 11.4 Å². The molecule has 0 saturated heterocycles. The second-order valence-electron chi connectivity index (χ2n) is 4.36. The number of hydrogen-bond acceptors (Lipinski definition) is 6. The van der Waals surface area contributed by atoms with Gasteiger partial charge in [0, 0.05) is 11.8 Å². The van der Waals surface area contributed by atoms with Gasteiger partial charge < -0.3 is 14.1 Å². The van der Waals surface area contributed by atoms with Crippen LogP contribution >= 0.6 is 0 Å². The van der Waals surface area contributed by atoms with E-state index in [-0.39, 0.29) is 18.1 Å². The lowest BCUT2D eigenvalue weighted by molar-refractivity contribution is 0.0436. The van der Waals surface area contributed by atoms with Crippen molar-refractivity contribution in [1.82, 2.24) is 15.2 Å². The van der Waals surface area contributed by atoms with Crippen LogP contribution in [0.2, 0.25) is 0 Å². The highest BCUT2D eigenvalue weighted by Crippen LogP contribution is 2.17. The Morgan fingerprint density at radius 1 is 1.14 bits per heavy atom. The van der Waals surface area contributed by atoms with Crippen molar-refractivity contribution in [3.63, 3.8) is 0 Å². The van der Waals surface area contributed by atoms with E-state index >= 15 is 0 Å². The van der Waals surface area contributed by atoms with Crippen LogP contribution < -0.4 is 5.56 Å². The molecule has 0 amide bonds. The normalized spacial score (nSPS) is 10.4. The standard InChI is InChI=1S/C15H11N3O4/c19-13-11(7-4-8-16-13)15(20)21-9-12-17-18-14(22-12)10-5-2-1-3-6-10/h1-8H,9H2,(H,16,19). The van der Waals surface area contributed by atoms with Crippen LogP contribution in [-0.2, 0) is 11.3 Å². The van der Waals surface area contributed by atoms with Crippen molar-refractivity contribution in [3.8, 4) is 11.5 Å². The van der Waals surface area contributed by atoms with Crippen LogP contribution in [0.3, 0.4) is 0 Å². The summed E-state index contributed by atoms with van der Waals surface area (Å²) in [4.78, 5) is 25.6.